The molecule has 66 valence electrons. The minimum absolute atomic E-state index is 0.152. The van der Waals surface area contributed by atoms with Gasteiger partial charge in [0, 0.05) is 12.1 Å². The summed E-state index contributed by atoms with van der Waals surface area (Å²) in [6.07, 6.45) is 3.37. The molecule has 1 aromatic heterocycles. The first-order valence-electron chi connectivity index (χ1n) is 3.44. The van der Waals surface area contributed by atoms with Crippen molar-refractivity contribution in [3.63, 3.8) is 0 Å². The molecule has 0 aromatic carbocycles. The molecule has 3 nitrogen and oxygen atoms in total. The molecule has 0 fully saturated rings. The third kappa shape index (κ3) is 3.43. The van der Waals surface area contributed by atoms with Gasteiger partial charge >= 0.3 is 10.2 Å². The third-order valence-electron chi connectivity index (χ3n) is 1.37. The molecule has 0 N–H and O–H groups in total. The van der Waals surface area contributed by atoms with Crippen LogP contribution in [0.4, 0.5) is 3.89 Å². The van der Waals surface area contributed by atoms with E-state index in [4.69, 9.17) is 0 Å². The second kappa shape index (κ2) is 3.62. The molecule has 0 atom stereocenters. The highest BCUT2D eigenvalue weighted by Crippen LogP contribution is 1.89. The molecule has 1 aromatic rings. The summed E-state index contributed by atoms with van der Waals surface area (Å²) in [5.74, 6) is -0.471. The van der Waals surface area contributed by atoms with Gasteiger partial charge in [0.1, 0.15) is 5.75 Å². The zero-order chi connectivity index (χ0) is 9.03. The summed E-state index contributed by atoms with van der Waals surface area (Å²) >= 11 is 0. The second-order valence-corrected chi connectivity index (χ2v) is 3.84. The number of halogens is 1. The smallest absolute Gasteiger partial charge is 0.204 e. The van der Waals surface area contributed by atoms with Crippen LogP contribution < -0.4 is 4.57 Å². The summed E-state index contributed by atoms with van der Waals surface area (Å²) < 4.78 is 33.9. The summed E-state index contributed by atoms with van der Waals surface area (Å²) in [4.78, 5) is 0. The van der Waals surface area contributed by atoms with Gasteiger partial charge < -0.3 is 0 Å². The maximum Gasteiger partial charge on any atom is 0.308 e. The van der Waals surface area contributed by atoms with Gasteiger partial charge in [-0.3, -0.25) is 0 Å². The molecular formula is C7H9FNO2S+. The van der Waals surface area contributed by atoms with Crippen LogP contribution >= 0.6 is 0 Å². The van der Waals surface area contributed by atoms with Crippen molar-refractivity contribution in [3.05, 3.63) is 30.6 Å². The van der Waals surface area contributed by atoms with Crippen LogP contribution in [0.2, 0.25) is 0 Å². The standard InChI is InChI=1S/C7H9FNO2S/c8-12(10,11)7-6-9-4-2-1-3-5-9/h1-5H,6-7H2/q+1. The van der Waals surface area contributed by atoms with Crippen molar-refractivity contribution < 1.29 is 16.9 Å². The van der Waals surface area contributed by atoms with E-state index in [1.807, 2.05) is 0 Å². The summed E-state index contributed by atoms with van der Waals surface area (Å²) in [7, 11) is -4.34. The largest absolute Gasteiger partial charge is 0.308 e. The normalized spacial score (nSPS) is 11.4. The quantitative estimate of drug-likeness (QED) is 0.507. The average molecular weight is 190 g/mol. The fraction of sp³-hybridized carbons (Fsp3) is 0.286. The second-order valence-electron chi connectivity index (χ2n) is 2.36. The van der Waals surface area contributed by atoms with Crippen molar-refractivity contribution in [1.29, 1.82) is 0 Å². The average Bonchev–Trinajstić information content (AvgIpc) is 2.02. The molecule has 0 saturated heterocycles. The predicted octanol–water partition coefficient (Wildman–Crippen LogP) is 0.273. The Morgan fingerprint density at radius 2 is 1.75 bits per heavy atom. The summed E-state index contributed by atoms with van der Waals surface area (Å²) in [5, 5.41) is 0. The van der Waals surface area contributed by atoms with E-state index in [0.717, 1.165) is 0 Å². The van der Waals surface area contributed by atoms with Crippen molar-refractivity contribution in [3.8, 4) is 0 Å². The number of hydrogen-bond acceptors (Lipinski definition) is 2. The highest BCUT2D eigenvalue weighted by molar-refractivity contribution is 7.86. The Balaban J connectivity index is 2.56. The molecule has 0 bridgehead atoms. The molecule has 0 unspecified atom stereocenters. The molecule has 12 heavy (non-hydrogen) atoms. The first-order valence-corrected chi connectivity index (χ1v) is 4.99. The molecule has 1 heterocycles. The Hall–Kier alpha value is -0.970. The highest BCUT2D eigenvalue weighted by atomic mass is 32.3. The van der Waals surface area contributed by atoms with Crippen LogP contribution in [0.3, 0.4) is 0 Å². The van der Waals surface area contributed by atoms with E-state index in [2.05, 4.69) is 0 Å². The molecule has 0 radical (unpaired) electrons. The molecular weight excluding hydrogens is 181 g/mol. The van der Waals surface area contributed by atoms with Crippen LogP contribution in [0.5, 0.6) is 0 Å². The van der Waals surface area contributed by atoms with Gasteiger partial charge in [0.05, 0.1) is 0 Å². The molecule has 0 saturated carbocycles. The zero-order valence-electron chi connectivity index (χ0n) is 6.35. The molecule has 0 aliphatic rings. The lowest BCUT2D eigenvalue weighted by atomic mass is 10.5. The Bertz CT molecular complexity index is 336. The maximum absolute atomic E-state index is 12.0. The summed E-state index contributed by atoms with van der Waals surface area (Å²) in [6.45, 7) is 0.152. The highest BCUT2D eigenvalue weighted by Gasteiger charge is 2.10. The van der Waals surface area contributed by atoms with Gasteiger partial charge in [-0.15, -0.1) is 3.89 Å². The minimum atomic E-state index is -4.34. The molecule has 0 aliphatic heterocycles. The lowest BCUT2D eigenvalue weighted by Crippen LogP contribution is -2.35. The lowest BCUT2D eigenvalue weighted by Gasteiger charge is -1.91. The summed E-state index contributed by atoms with van der Waals surface area (Å²) in [6, 6.07) is 5.32. The Morgan fingerprint density at radius 1 is 1.17 bits per heavy atom. The van der Waals surface area contributed by atoms with Crippen molar-refractivity contribution in [1.82, 2.24) is 0 Å². The van der Waals surface area contributed by atoms with E-state index in [0.29, 0.717) is 0 Å². The number of hydrogen-bond donors (Lipinski definition) is 0. The summed E-state index contributed by atoms with van der Waals surface area (Å²) in [5.41, 5.74) is 0. The van der Waals surface area contributed by atoms with Crippen LogP contribution in [0, 0.1) is 0 Å². The van der Waals surface area contributed by atoms with Gasteiger partial charge in [-0.25, -0.2) is 4.57 Å². The van der Waals surface area contributed by atoms with E-state index in [-0.39, 0.29) is 6.54 Å². The van der Waals surface area contributed by atoms with Crippen molar-refractivity contribution in [2.24, 2.45) is 0 Å². The Morgan fingerprint density at radius 3 is 2.25 bits per heavy atom. The van der Waals surface area contributed by atoms with Gasteiger partial charge in [-0.05, 0) is 0 Å². The van der Waals surface area contributed by atoms with E-state index in [1.165, 1.54) is 0 Å². The minimum Gasteiger partial charge on any atom is -0.204 e. The molecule has 0 amide bonds. The van der Waals surface area contributed by atoms with Crippen molar-refractivity contribution in [2.45, 2.75) is 6.54 Å². The van der Waals surface area contributed by atoms with Crippen LogP contribution in [-0.2, 0) is 16.8 Å². The molecule has 1 rings (SSSR count). The SMILES string of the molecule is O=S(=O)(F)CC[n+]1ccccc1. The Kier molecular flexibility index (Phi) is 2.75. The fourth-order valence-corrected chi connectivity index (χ4v) is 1.23. The number of aromatic nitrogens is 1. The predicted molar refractivity (Wildman–Crippen MR) is 41.5 cm³/mol. The first-order chi connectivity index (χ1) is 5.58. The number of rotatable bonds is 3. The maximum atomic E-state index is 12.0. The van der Waals surface area contributed by atoms with E-state index in [9.17, 15) is 12.3 Å². The first kappa shape index (κ1) is 9.12. The molecule has 5 heteroatoms. The van der Waals surface area contributed by atoms with Crippen LogP contribution in [0.25, 0.3) is 0 Å². The van der Waals surface area contributed by atoms with Crippen LogP contribution in [-0.4, -0.2) is 14.2 Å². The van der Waals surface area contributed by atoms with Gasteiger partial charge in [-0.2, -0.15) is 8.42 Å². The van der Waals surface area contributed by atoms with Crippen LogP contribution in [0.15, 0.2) is 30.6 Å². The molecule has 0 spiro atoms. The van der Waals surface area contributed by atoms with Gasteiger partial charge in [0.25, 0.3) is 0 Å². The Labute approximate surface area is 70.7 Å². The van der Waals surface area contributed by atoms with Gasteiger partial charge in [0.15, 0.2) is 18.9 Å². The van der Waals surface area contributed by atoms with Crippen molar-refractivity contribution in [2.75, 3.05) is 5.75 Å². The number of pyridine rings is 1. The van der Waals surface area contributed by atoms with E-state index < -0.39 is 16.0 Å². The van der Waals surface area contributed by atoms with E-state index in [1.54, 1.807) is 35.2 Å². The van der Waals surface area contributed by atoms with Crippen molar-refractivity contribution >= 4 is 10.2 Å². The zero-order valence-corrected chi connectivity index (χ0v) is 7.17. The van der Waals surface area contributed by atoms with E-state index >= 15 is 0 Å². The molecule has 0 aliphatic carbocycles. The number of aryl methyl sites for hydroxylation is 1. The topological polar surface area (TPSA) is 38.0 Å². The van der Waals surface area contributed by atoms with Crippen LogP contribution in [0.1, 0.15) is 0 Å². The lowest BCUT2D eigenvalue weighted by molar-refractivity contribution is -0.692. The fourth-order valence-electron chi connectivity index (χ4n) is 0.798. The monoisotopic (exact) mass is 190 g/mol. The third-order valence-corrected chi connectivity index (χ3v) is 2.04. The number of nitrogens with zero attached hydrogens (tertiary/aromatic N) is 1. The van der Waals surface area contributed by atoms with Gasteiger partial charge in [-0.1, -0.05) is 6.07 Å². The van der Waals surface area contributed by atoms with Gasteiger partial charge in [0.2, 0.25) is 0 Å².